The SMILES string of the molecule is CCCCN(c1cnc(CN)cn1)C1CC1. The van der Waals surface area contributed by atoms with Gasteiger partial charge in [0.05, 0.1) is 18.1 Å². The number of nitrogens with two attached hydrogens (primary N) is 1. The zero-order valence-electron chi connectivity index (χ0n) is 9.89. The first-order chi connectivity index (χ1) is 7.85. The maximum absolute atomic E-state index is 5.51. The van der Waals surface area contributed by atoms with Gasteiger partial charge in [-0.3, -0.25) is 4.98 Å². The van der Waals surface area contributed by atoms with Gasteiger partial charge in [-0.25, -0.2) is 4.98 Å². The second kappa shape index (κ2) is 5.25. The molecular weight excluding hydrogens is 200 g/mol. The number of rotatable bonds is 6. The average Bonchev–Trinajstić information content (AvgIpc) is 3.15. The van der Waals surface area contributed by atoms with E-state index in [1.54, 1.807) is 6.20 Å². The Balaban J connectivity index is 2.05. The van der Waals surface area contributed by atoms with Gasteiger partial charge in [0.2, 0.25) is 0 Å². The van der Waals surface area contributed by atoms with E-state index in [9.17, 15) is 0 Å². The summed E-state index contributed by atoms with van der Waals surface area (Å²) in [4.78, 5) is 11.1. The van der Waals surface area contributed by atoms with Crippen LogP contribution < -0.4 is 10.6 Å². The van der Waals surface area contributed by atoms with Gasteiger partial charge in [0.15, 0.2) is 0 Å². The Bertz CT molecular complexity index is 318. The molecule has 1 aromatic heterocycles. The van der Waals surface area contributed by atoms with Crippen LogP contribution in [-0.4, -0.2) is 22.6 Å². The molecule has 0 radical (unpaired) electrons. The summed E-state index contributed by atoms with van der Waals surface area (Å²) in [5.74, 6) is 1.01. The molecule has 1 heterocycles. The molecule has 0 spiro atoms. The summed E-state index contributed by atoms with van der Waals surface area (Å²) < 4.78 is 0. The summed E-state index contributed by atoms with van der Waals surface area (Å²) in [6, 6.07) is 0.699. The minimum absolute atomic E-state index is 0.464. The fourth-order valence-corrected chi connectivity index (χ4v) is 1.80. The predicted molar refractivity (Wildman–Crippen MR) is 65.2 cm³/mol. The number of unbranched alkanes of at least 4 members (excludes halogenated alkanes) is 1. The lowest BCUT2D eigenvalue weighted by atomic mass is 10.3. The van der Waals surface area contributed by atoms with Gasteiger partial charge in [-0.15, -0.1) is 0 Å². The van der Waals surface area contributed by atoms with Crippen LogP contribution in [-0.2, 0) is 6.54 Å². The van der Waals surface area contributed by atoms with Gasteiger partial charge in [0.1, 0.15) is 5.82 Å². The van der Waals surface area contributed by atoms with Gasteiger partial charge in [-0.1, -0.05) is 13.3 Å². The zero-order valence-corrected chi connectivity index (χ0v) is 9.89. The first-order valence-electron chi connectivity index (χ1n) is 6.12. The monoisotopic (exact) mass is 220 g/mol. The van der Waals surface area contributed by atoms with E-state index in [4.69, 9.17) is 5.73 Å². The van der Waals surface area contributed by atoms with E-state index < -0.39 is 0 Å². The van der Waals surface area contributed by atoms with E-state index in [0.29, 0.717) is 12.6 Å². The van der Waals surface area contributed by atoms with Gasteiger partial charge in [0, 0.05) is 19.1 Å². The number of hydrogen-bond acceptors (Lipinski definition) is 4. The molecule has 0 aromatic carbocycles. The van der Waals surface area contributed by atoms with Crippen molar-refractivity contribution in [2.24, 2.45) is 5.73 Å². The van der Waals surface area contributed by atoms with Crippen molar-refractivity contribution >= 4 is 5.82 Å². The van der Waals surface area contributed by atoms with E-state index in [1.807, 2.05) is 6.20 Å². The molecule has 1 aliphatic carbocycles. The number of anilines is 1. The van der Waals surface area contributed by atoms with Gasteiger partial charge in [-0.2, -0.15) is 0 Å². The van der Waals surface area contributed by atoms with E-state index in [0.717, 1.165) is 18.1 Å². The van der Waals surface area contributed by atoms with Crippen molar-refractivity contribution in [2.75, 3.05) is 11.4 Å². The summed E-state index contributed by atoms with van der Waals surface area (Å²) in [5.41, 5.74) is 6.37. The Morgan fingerprint density at radius 1 is 1.38 bits per heavy atom. The van der Waals surface area contributed by atoms with Crippen molar-refractivity contribution in [3.05, 3.63) is 18.1 Å². The fraction of sp³-hybridized carbons (Fsp3) is 0.667. The second-order valence-corrected chi connectivity index (χ2v) is 4.35. The van der Waals surface area contributed by atoms with Crippen LogP contribution in [0.5, 0.6) is 0 Å². The van der Waals surface area contributed by atoms with Crippen LogP contribution in [0, 0.1) is 0 Å². The van der Waals surface area contributed by atoms with Crippen molar-refractivity contribution in [3.63, 3.8) is 0 Å². The Kier molecular flexibility index (Phi) is 3.72. The quantitative estimate of drug-likeness (QED) is 0.793. The van der Waals surface area contributed by atoms with Crippen molar-refractivity contribution in [1.82, 2.24) is 9.97 Å². The van der Waals surface area contributed by atoms with Crippen LogP contribution in [0.15, 0.2) is 12.4 Å². The summed E-state index contributed by atoms with van der Waals surface area (Å²) in [7, 11) is 0. The van der Waals surface area contributed by atoms with Crippen LogP contribution in [0.1, 0.15) is 38.3 Å². The third-order valence-corrected chi connectivity index (χ3v) is 2.94. The van der Waals surface area contributed by atoms with Crippen molar-refractivity contribution in [3.8, 4) is 0 Å². The molecule has 88 valence electrons. The average molecular weight is 220 g/mol. The third-order valence-electron chi connectivity index (χ3n) is 2.94. The molecular formula is C12H20N4. The molecule has 1 fully saturated rings. The minimum Gasteiger partial charge on any atom is -0.352 e. The van der Waals surface area contributed by atoms with Crippen LogP contribution in [0.25, 0.3) is 0 Å². The lowest BCUT2D eigenvalue weighted by Gasteiger charge is -2.22. The summed E-state index contributed by atoms with van der Waals surface area (Å²) in [5, 5.41) is 0. The molecule has 4 nitrogen and oxygen atoms in total. The molecule has 0 amide bonds. The fourth-order valence-electron chi connectivity index (χ4n) is 1.80. The lowest BCUT2D eigenvalue weighted by Crippen LogP contribution is -2.27. The van der Waals surface area contributed by atoms with E-state index in [2.05, 4.69) is 21.8 Å². The van der Waals surface area contributed by atoms with Crippen LogP contribution in [0.4, 0.5) is 5.82 Å². The van der Waals surface area contributed by atoms with Crippen LogP contribution in [0.3, 0.4) is 0 Å². The van der Waals surface area contributed by atoms with Crippen LogP contribution in [0.2, 0.25) is 0 Å². The zero-order chi connectivity index (χ0) is 11.4. The van der Waals surface area contributed by atoms with E-state index >= 15 is 0 Å². The number of aromatic nitrogens is 2. The van der Waals surface area contributed by atoms with Gasteiger partial charge in [0.25, 0.3) is 0 Å². The number of hydrogen-bond donors (Lipinski definition) is 1. The van der Waals surface area contributed by atoms with Gasteiger partial charge in [-0.05, 0) is 19.3 Å². The molecule has 1 saturated carbocycles. The Labute approximate surface area is 96.9 Å². The molecule has 0 unspecified atom stereocenters. The molecule has 2 rings (SSSR count). The summed E-state index contributed by atoms with van der Waals surface area (Å²) >= 11 is 0. The maximum Gasteiger partial charge on any atom is 0.147 e. The Hall–Kier alpha value is -1.16. The number of nitrogens with zero attached hydrogens (tertiary/aromatic N) is 3. The molecule has 16 heavy (non-hydrogen) atoms. The van der Waals surface area contributed by atoms with E-state index in [1.165, 1.54) is 25.7 Å². The van der Waals surface area contributed by atoms with Gasteiger partial charge >= 0.3 is 0 Å². The Morgan fingerprint density at radius 2 is 2.19 bits per heavy atom. The highest BCUT2D eigenvalue weighted by Crippen LogP contribution is 2.30. The maximum atomic E-state index is 5.51. The smallest absolute Gasteiger partial charge is 0.147 e. The molecule has 0 atom stereocenters. The van der Waals surface area contributed by atoms with Crippen molar-refractivity contribution < 1.29 is 0 Å². The standard InChI is InChI=1S/C12H20N4/c1-2-3-6-16(11-4-5-11)12-9-14-10(7-13)8-15-12/h8-9,11H,2-7,13H2,1H3. The normalized spacial score (nSPS) is 15.1. The highest BCUT2D eigenvalue weighted by molar-refractivity contribution is 5.39. The third kappa shape index (κ3) is 2.70. The molecule has 1 aliphatic rings. The molecule has 4 heteroatoms. The lowest BCUT2D eigenvalue weighted by molar-refractivity contribution is 0.701. The molecule has 0 bridgehead atoms. The highest BCUT2D eigenvalue weighted by atomic mass is 15.2. The van der Waals surface area contributed by atoms with Crippen molar-refractivity contribution in [1.29, 1.82) is 0 Å². The van der Waals surface area contributed by atoms with Crippen LogP contribution >= 0.6 is 0 Å². The predicted octanol–water partition coefficient (Wildman–Crippen LogP) is 1.70. The molecule has 2 N–H and O–H groups in total. The Morgan fingerprint density at radius 3 is 2.69 bits per heavy atom. The van der Waals surface area contributed by atoms with E-state index in [-0.39, 0.29) is 0 Å². The van der Waals surface area contributed by atoms with Crippen molar-refractivity contribution in [2.45, 2.75) is 45.2 Å². The summed E-state index contributed by atoms with van der Waals surface area (Å²) in [6.07, 6.45) is 8.68. The largest absolute Gasteiger partial charge is 0.352 e. The highest BCUT2D eigenvalue weighted by Gasteiger charge is 2.29. The first kappa shape index (κ1) is 11.3. The topological polar surface area (TPSA) is 55.0 Å². The molecule has 0 aliphatic heterocycles. The summed E-state index contributed by atoms with van der Waals surface area (Å²) in [6.45, 7) is 3.78. The molecule has 1 aromatic rings. The second-order valence-electron chi connectivity index (χ2n) is 4.35. The first-order valence-corrected chi connectivity index (χ1v) is 6.12. The van der Waals surface area contributed by atoms with Gasteiger partial charge < -0.3 is 10.6 Å². The minimum atomic E-state index is 0.464. The molecule has 0 saturated heterocycles.